The van der Waals surface area contributed by atoms with Crippen LogP contribution in [0.5, 0.6) is 0 Å². The molecular formula is C23H37N7O. The van der Waals surface area contributed by atoms with Crippen molar-refractivity contribution in [3.05, 3.63) is 29.9 Å². The van der Waals surface area contributed by atoms with E-state index in [2.05, 4.69) is 46.2 Å². The van der Waals surface area contributed by atoms with Crippen LogP contribution in [-0.2, 0) is 4.74 Å². The number of anilines is 1. The summed E-state index contributed by atoms with van der Waals surface area (Å²) in [6.07, 6.45) is 11.1. The Morgan fingerprint density at radius 3 is 2.71 bits per heavy atom. The van der Waals surface area contributed by atoms with Crippen LogP contribution in [-0.4, -0.2) is 60.7 Å². The van der Waals surface area contributed by atoms with E-state index in [0.29, 0.717) is 23.4 Å². The van der Waals surface area contributed by atoms with Crippen LogP contribution in [0.2, 0.25) is 0 Å². The van der Waals surface area contributed by atoms with Crippen molar-refractivity contribution >= 4 is 11.8 Å². The van der Waals surface area contributed by atoms with Gasteiger partial charge in [0, 0.05) is 38.5 Å². The van der Waals surface area contributed by atoms with Crippen LogP contribution < -0.4 is 21.3 Å². The molecule has 0 amide bonds. The van der Waals surface area contributed by atoms with Crippen LogP contribution in [0, 0.1) is 5.41 Å². The number of aliphatic imine (C=N–C) groups is 1. The van der Waals surface area contributed by atoms with Crippen molar-refractivity contribution in [1.29, 1.82) is 0 Å². The van der Waals surface area contributed by atoms with Gasteiger partial charge in [-0.05, 0) is 63.0 Å². The van der Waals surface area contributed by atoms with Gasteiger partial charge >= 0.3 is 0 Å². The molecule has 0 saturated heterocycles. The van der Waals surface area contributed by atoms with Crippen LogP contribution in [0.1, 0.15) is 58.1 Å². The summed E-state index contributed by atoms with van der Waals surface area (Å²) in [6, 6.07) is 3.02. The average Bonchev–Trinajstić information content (AvgIpc) is 3.51. The van der Waals surface area contributed by atoms with Gasteiger partial charge in [-0.3, -0.25) is 4.99 Å². The lowest BCUT2D eigenvalue weighted by Crippen LogP contribution is -2.39. The van der Waals surface area contributed by atoms with Gasteiger partial charge in [0.25, 0.3) is 0 Å². The standard InChI is InChI=1S/C23H37N7O/c1-16-14-20(26-15-23(2)9-10-23)30-21(27-16)19-8-11-25-22(29-19)28-18-6-4-17(5-7-18)24-12-13-31-3/h8,11,14,16-18,24,26H,4-7,9-10,12-13,15H2,1-3H3,(H,27,30)(H,25,28,29). The van der Waals surface area contributed by atoms with Gasteiger partial charge < -0.3 is 26.0 Å². The summed E-state index contributed by atoms with van der Waals surface area (Å²) in [4.78, 5) is 14.0. The Kier molecular flexibility index (Phi) is 7.07. The predicted molar refractivity (Wildman–Crippen MR) is 124 cm³/mol. The number of nitrogens with one attached hydrogen (secondary N) is 4. The molecule has 8 heteroatoms. The molecule has 0 radical (unpaired) electrons. The first-order valence-corrected chi connectivity index (χ1v) is 11.7. The van der Waals surface area contributed by atoms with Crippen LogP contribution in [0.15, 0.2) is 29.2 Å². The summed E-state index contributed by atoms with van der Waals surface area (Å²) in [7, 11) is 1.74. The molecule has 3 aliphatic rings. The third-order valence-corrected chi connectivity index (χ3v) is 6.50. The Hall–Kier alpha value is -2.19. The van der Waals surface area contributed by atoms with Crippen molar-refractivity contribution in [1.82, 2.24) is 25.9 Å². The van der Waals surface area contributed by atoms with Gasteiger partial charge in [-0.1, -0.05) is 6.92 Å². The van der Waals surface area contributed by atoms with Crippen molar-refractivity contribution < 1.29 is 4.74 Å². The topological polar surface area (TPSA) is 95.5 Å². The molecule has 1 atom stereocenters. The van der Waals surface area contributed by atoms with Crippen LogP contribution in [0.3, 0.4) is 0 Å². The first-order chi connectivity index (χ1) is 15.0. The zero-order valence-electron chi connectivity index (χ0n) is 19.1. The summed E-state index contributed by atoms with van der Waals surface area (Å²) < 4.78 is 5.12. The Morgan fingerprint density at radius 1 is 1.19 bits per heavy atom. The third kappa shape index (κ3) is 6.40. The minimum Gasteiger partial charge on any atom is -0.383 e. The van der Waals surface area contributed by atoms with Crippen LogP contribution in [0.25, 0.3) is 0 Å². The van der Waals surface area contributed by atoms with Crippen molar-refractivity contribution in [3.63, 3.8) is 0 Å². The molecule has 0 aromatic carbocycles. The van der Waals surface area contributed by atoms with E-state index in [9.17, 15) is 0 Å². The second-order valence-electron chi connectivity index (χ2n) is 9.49. The normalized spacial score (nSPS) is 27.0. The Bertz CT molecular complexity index is 797. The fourth-order valence-corrected chi connectivity index (χ4v) is 4.17. The van der Waals surface area contributed by atoms with E-state index in [-0.39, 0.29) is 6.04 Å². The second-order valence-corrected chi connectivity index (χ2v) is 9.49. The van der Waals surface area contributed by atoms with Gasteiger partial charge in [0.05, 0.1) is 12.6 Å². The zero-order valence-corrected chi connectivity index (χ0v) is 19.1. The third-order valence-electron chi connectivity index (χ3n) is 6.50. The first-order valence-electron chi connectivity index (χ1n) is 11.7. The van der Waals surface area contributed by atoms with Crippen molar-refractivity contribution in [3.8, 4) is 0 Å². The van der Waals surface area contributed by atoms with E-state index in [4.69, 9.17) is 14.7 Å². The lowest BCUT2D eigenvalue weighted by molar-refractivity contribution is 0.191. The summed E-state index contributed by atoms with van der Waals surface area (Å²) in [5.74, 6) is 2.51. The van der Waals surface area contributed by atoms with Gasteiger partial charge in [0.2, 0.25) is 5.95 Å². The Balaban J connectivity index is 1.30. The molecule has 2 fully saturated rings. The first kappa shape index (κ1) is 22.0. The van der Waals surface area contributed by atoms with Crippen molar-refractivity contribution in [2.45, 2.75) is 70.5 Å². The minimum absolute atomic E-state index is 0.109. The Morgan fingerprint density at radius 2 is 1.97 bits per heavy atom. The largest absolute Gasteiger partial charge is 0.383 e. The summed E-state index contributed by atoms with van der Waals surface area (Å²) in [5.41, 5.74) is 1.27. The highest BCUT2D eigenvalue weighted by Gasteiger charge is 2.37. The molecular weight excluding hydrogens is 390 g/mol. The molecule has 0 bridgehead atoms. The summed E-state index contributed by atoms with van der Waals surface area (Å²) >= 11 is 0. The van der Waals surface area contributed by atoms with Gasteiger partial charge in [0.1, 0.15) is 11.5 Å². The molecule has 8 nitrogen and oxygen atoms in total. The summed E-state index contributed by atoms with van der Waals surface area (Å²) in [6.45, 7) is 7.10. The van der Waals surface area contributed by atoms with Crippen molar-refractivity contribution in [2.75, 3.05) is 32.1 Å². The van der Waals surface area contributed by atoms with E-state index in [1.807, 2.05) is 12.3 Å². The number of methoxy groups -OCH3 is 1. The maximum absolute atomic E-state index is 5.12. The molecule has 1 aromatic heterocycles. The quantitative estimate of drug-likeness (QED) is 0.426. The lowest BCUT2D eigenvalue weighted by Gasteiger charge is -2.29. The Labute approximate surface area is 185 Å². The molecule has 0 spiro atoms. The molecule has 1 unspecified atom stereocenters. The molecule has 2 heterocycles. The monoisotopic (exact) mass is 427 g/mol. The van der Waals surface area contributed by atoms with Gasteiger partial charge in [0.15, 0.2) is 5.84 Å². The maximum atomic E-state index is 5.12. The molecule has 31 heavy (non-hydrogen) atoms. The fourth-order valence-electron chi connectivity index (χ4n) is 4.17. The number of hydrogen-bond donors (Lipinski definition) is 4. The molecule has 170 valence electrons. The van der Waals surface area contributed by atoms with Crippen LogP contribution >= 0.6 is 0 Å². The van der Waals surface area contributed by atoms with E-state index in [0.717, 1.165) is 62.7 Å². The SMILES string of the molecule is COCCNC1CCC(Nc2nccc(C3=NC(C)C=C(NCC4(C)CC4)N3)n2)CC1. The number of rotatable bonds is 10. The highest BCUT2D eigenvalue weighted by atomic mass is 16.5. The van der Waals surface area contributed by atoms with E-state index in [1.165, 1.54) is 12.8 Å². The number of aromatic nitrogens is 2. The smallest absolute Gasteiger partial charge is 0.223 e. The van der Waals surface area contributed by atoms with E-state index < -0.39 is 0 Å². The van der Waals surface area contributed by atoms with Gasteiger partial charge in [-0.15, -0.1) is 0 Å². The van der Waals surface area contributed by atoms with Gasteiger partial charge in [-0.2, -0.15) is 0 Å². The number of amidine groups is 1. The molecule has 2 saturated carbocycles. The number of nitrogens with zero attached hydrogens (tertiary/aromatic N) is 3. The molecule has 2 aliphatic carbocycles. The number of ether oxygens (including phenoxy) is 1. The molecule has 4 N–H and O–H groups in total. The summed E-state index contributed by atoms with van der Waals surface area (Å²) in [5, 5.41) is 14.1. The minimum atomic E-state index is 0.109. The lowest BCUT2D eigenvalue weighted by atomic mass is 9.91. The second kappa shape index (κ2) is 9.96. The molecule has 1 aliphatic heterocycles. The maximum Gasteiger partial charge on any atom is 0.223 e. The highest BCUT2D eigenvalue weighted by Crippen LogP contribution is 2.44. The average molecular weight is 428 g/mol. The van der Waals surface area contributed by atoms with Gasteiger partial charge in [-0.25, -0.2) is 9.97 Å². The number of hydrogen-bond acceptors (Lipinski definition) is 8. The van der Waals surface area contributed by atoms with Crippen LogP contribution in [0.4, 0.5) is 5.95 Å². The zero-order chi connectivity index (χ0) is 21.7. The van der Waals surface area contributed by atoms with E-state index >= 15 is 0 Å². The van der Waals surface area contributed by atoms with E-state index in [1.54, 1.807) is 7.11 Å². The fraction of sp³-hybridized carbons (Fsp3) is 0.696. The molecule has 4 rings (SSSR count). The predicted octanol–water partition coefficient (Wildman–Crippen LogP) is 2.41. The molecule has 1 aromatic rings. The highest BCUT2D eigenvalue weighted by molar-refractivity contribution is 5.99. The van der Waals surface area contributed by atoms with Crippen molar-refractivity contribution in [2.24, 2.45) is 10.4 Å².